The number of halogens is 1. The molecule has 0 bridgehead atoms. The highest BCUT2D eigenvalue weighted by molar-refractivity contribution is 14.1. The van der Waals surface area contributed by atoms with E-state index in [1.807, 2.05) is 0 Å². The predicted molar refractivity (Wildman–Crippen MR) is 79.5 cm³/mol. The molecule has 8 heteroatoms. The fourth-order valence-corrected chi connectivity index (χ4v) is 2.66. The van der Waals surface area contributed by atoms with Gasteiger partial charge in [0.05, 0.1) is 20.2 Å². The molecule has 2 aromatic heterocycles. The summed E-state index contributed by atoms with van der Waals surface area (Å²) in [5.74, 6) is 0.203. The lowest BCUT2D eigenvalue weighted by Gasteiger charge is -2.02. The normalized spacial score (nSPS) is 10.2. The number of nitrogens with two attached hydrogens (primary N) is 1. The van der Waals surface area contributed by atoms with E-state index in [9.17, 15) is 4.79 Å². The molecule has 0 aliphatic rings. The molecule has 0 unspecified atom stereocenters. The molecule has 0 atom stereocenters. The number of aromatic nitrogens is 2. The van der Waals surface area contributed by atoms with Crippen molar-refractivity contribution < 1.29 is 4.79 Å². The maximum atomic E-state index is 11.9. The summed E-state index contributed by atoms with van der Waals surface area (Å²) in [5, 5.41) is 10.9. The molecule has 17 heavy (non-hydrogen) atoms. The van der Waals surface area contributed by atoms with E-state index in [4.69, 9.17) is 18.0 Å². The first kappa shape index (κ1) is 12.5. The van der Waals surface area contributed by atoms with E-state index >= 15 is 0 Å². The standard InChI is InChI=1S/C9H7IN4OS2/c10-6-1-4(3-17-6)9(15)13-8-5(7(11)16)2-12-14-8/h1-3H,(H2,11,16)(H2,12,13,14,15). The summed E-state index contributed by atoms with van der Waals surface area (Å²) < 4.78 is 1.05. The Morgan fingerprint density at radius 2 is 2.41 bits per heavy atom. The zero-order chi connectivity index (χ0) is 12.4. The number of carbonyl (C=O) groups excluding carboxylic acids is 1. The molecule has 4 N–H and O–H groups in total. The third-order valence-corrected chi connectivity index (χ3v) is 3.98. The molecular weight excluding hydrogens is 371 g/mol. The molecule has 0 saturated heterocycles. The number of nitrogens with one attached hydrogen (secondary N) is 2. The second-order valence-corrected chi connectivity index (χ2v) is 6.36. The Kier molecular flexibility index (Phi) is 3.74. The first-order valence-electron chi connectivity index (χ1n) is 4.46. The Labute approximate surface area is 120 Å². The van der Waals surface area contributed by atoms with Gasteiger partial charge < -0.3 is 11.1 Å². The van der Waals surface area contributed by atoms with Crippen molar-refractivity contribution in [2.24, 2.45) is 5.73 Å². The number of amides is 1. The number of thiocarbonyl (C=S) groups is 1. The number of nitrogens with zero attached hydrogens (tertiary/aromatic N) is 1. The first-order chi connectivity index (χ1) is 8.08. The van der Waals surface area contributed by atoms with E-state index in [1.165, 1.54) is 17.5 Å². The van der Waals surface area contributed by atoms with Crippen LogP contribution in [-0.2, 0) is 0 Å². The molecule has 0 aromatic carbocycles. The number of anilines is 1. The highest BCUT2D eigenvalue weighted by Gasteiger charge is 2.13. The smallest absolute Gasteiger partial charge is 0.257 e. The van der Waals surface area contributed by atoms with Crippen LogP contribution in [0.1, 0.15) is 15.9 Å². The van der Waals surface area contributed by atoms with Crippen LogP contribution in [0.25, 0.3) is 0 Å². The van der Waals surface area contributed by atoms with Crippen LogP contribution >= 0.6 is 46.1 Å². The Morgan fingerprint density at radius 3 is 3.00 bits per heavy atom. The van der Waals surface area contributed by atoms with Gasteiger partial charge in [-0.05, 0) is 28.7 Å². The Hall–Kier alpha value is -1.00. The molecule has 2 heterocycles. The maximum Gasteiger partial charge on any atom is 0.257 e. The predicted octanol–water partition coefficient (Wildman–Crippen LogP) is 1.96. The SMILES string of the molecule is NC(=S)c1cn[nH]c1NC(=O)c1csc(I)c1. The molecule has 0 saturated carbocycles. The molecule has 5 nitrogen and oxygen atoms in total. The van der Waals surface area contributed by atoms with E-state index in [1.54, 1.807) is 11.4 Å². The number of hydrogen-bond donors (Lipinski definition) is 3. The van der Waals surface area contributed by atoms with Gasteiger partial charge in [-0.3, -0.25) is 9.89 Å². The summed E-state index contributed by atoms with van der Waals surface area (Å²) in [5.41, 5.74) is 6.62. The lowest BCUT2D eigenvalue weighted by molar-refractivity contribution is 0.102. The molecule has 88 valence electrons. The van der Waals surface area contributed by atoms with Crippen molar-refractivity contribution in [3.63, 3.8) is 0 Å². The van der Waals surface area contributed by atoms with Crippen LogP contribution in [0.15, 0.2) is 17.6 Å². The third kappa shape index (κ3) is 2.82. The van der Waals surface area contributed by atoms with E-state index in [-0.39, 0.29) is 10.9 Å². The number of H-pyrrole nitrogens is 1. The van der Waals surface area contributed by atoms with Gasteiger partial charge in [-0.2, -0.15) is 5.10 Å². The second kappa shape index (κ2) is 5.10. The van der Waals surface area contributed by atoms with Crippen LogP contribution in [0.2, 0.25) is 0 Å². The van der Waals surface area contributed by atoms with Crippen molar-refractivity contribution in [3.05, 3.63) is 31.7 Å². The maximum absolute atomic E-state index is 11.9. The van der Waals surface area contributed by atoms with Gasteiger partial charge in [0, 0.05) is 5.38 Å². The molecule has 0 aliphatic carbocycles. The monoisotopic (exact) mass is 378 g/mol. The topological polar surface area (TPSA) is 83.8 Å². The summed E-state index contributed by atoms with van der Waals surface area (Å²) >= 11 is 8.51. The summed E-state index contributed by atoms with van der Waals surface area (Å²) in [7, 11) is 0. The lowest BCUT2D eigenvalue weighted by atomic mass is 10.3. The third-order valence-electron chi connectivity index (χ3n) is 1.97. The summed E-state index contributed by atoms with van der Waals surface area (Å²) in [6.45, 7) is 0. The van der Waals surface area contributed by atoms with Gasteiger partial charge in [-0.15, -0.1) is 11.3 Å². The van der Waals surface area contributed by atoms with E-state index in [0.29, 0.717) is 16.9 Å². The minimum Gasteiger partial charge on any atom is -0.389 e. The molecule has 0 fully saturated rings. The fraction of sp³-hybridized carbons (Fsp3) is 0. The van der Waals surface area contributed by atoms with Gasteiger partial charge >= 0.3 is 0 Å². The Bertz CT molecular complexity index is 577. The highest BCUT2D eigenvalue weighted by atomic mass is 127. The van der Waals surface area contributed by atoms with Gasteiger partial charge in [0.1, 0.15) is 10.8 Å². The number of carbonyl (C=O) groups is 1. The summed E-state index contributed by atoms with van der Waals surface area (Å²) in [6, 6.07) is 1.80. The molecule has 0 spiro atoms. The van der Waals surface area contributed by atoms with Gasteiger partial charge in [-0.1, -0.05) is 12.2 Å². The molecule has 0 aliphatic heterocycles. The minimum absolute atomic E-state index is 0.189. The number of hydrogen-bond acceptors (Lipinski definition) is 4. The Balaban J connectivity index is 2.18. The zero-order valence-corrected chi connectivity index (χ0v) is 12.1. The van der Waals surface area contributed by atoms with Crippen LogP contribution in [0.4, 0.5) is 5.82 Å². The van der Waals surface area contributed by atoms with Crippen molar-refractivity contribution in [3.8, 4) is 0 Å². The van der Waals surface area contributed by atoms with Crippen LogP contribution in [0.3, 0.4) is 0 Å². The minimum atomic E-state index is -0.217. The van der Waals surface area contributed by atoms with Crippen LogP contribution in [-0.4, -0.2) is 21.1 Å². The quantitative estimate of drug-likeness (QED) is 0.563. The summed E-state index contributed by atoms with van der Waals surface area (Å²) in [4.78, 5) is 12.0. The number of thiophene rings is 1. The zero-order valence-electron chi connectivity index (χ0n) is 8.36. The molecule has 2 aromatic rings. The van der Waals surface area contributed by atoms with Gasteiger partial charge in [0.15, 0.2) is 0 Å². The van der Waals surface area contributed by atoms with E-state index in [0.717, 1.165) is 2.88 Å². The van der Waals surface area contributed by atoms with Crippen molar-refractivity contribution in [2.45, 2.75) is 0 Å². The van der Waals surface area contributed by atoms with Crippen molar-refractivity contribution in [2.75, 3.05) is 5.32 Å². The fourth-order valence-electron chi connectivity index (χ4n) is 1.18. The van der Waals surface area contributed by atoms with Crippen LogP contribution in [0.5, 0.6) is 0 Å². The molecule has 0 radical (unpaired) electrons. The number of rotatable bonds is 3. The van der Waals surface area contributed by atoms with Crippen molar-refractivity contribution >= 4 is 62.9 Å². The van der Waals surface area contributed by atoms with E-state index in [2.05, 4.69) is 38.1 Å². The largest absolute Gasteiger partial charge is 0.389 e. The Morgan fingerprint density at radius 1 is 1.65 bits per heavy atom. The van der Waals surface area contributed by atoms with Gasteiger partial charge in [0.2, 0.25) is 0 Å². The van der Waals surface area contributed by atoms with E-state index < -0.39 is 0 Å². The molecular formula is C9H7IN4OS2. The van der Waals surface area contributed by atoms with Crippen LogP contribution in [0, 0.1) is 2.88 Å². The number of aromatic amines is 1. The van der Waals surface area contributed by atoms with Gasteiger partial charge in [0.25, 0.3) is 5.91 Å². The molecule has 2 rings (SSSR count). The van der Waals surface area contributed by atoms with Crippen molar-refractivity contribution in [1.29, 1.82) is 0 Å². The first-order valence-corrected chi connectivity index (χ1v) is 6.83. The second-order valence-electron chi connectivity index (χ2n) is 3.12. The summed E-state index contributed by atoms with van der Waals surface area (Å²) in [6.07, 6.45) is 1.48. The van der Waals surface area contributed by atoms with Crippen molar-refractivity contribution in [1.82, 2.24) is 10.2 Å². The van der Waals surface area contributed by atoms with Crippen LogP contribution < -0.4 is 11.1 Å². The molecule has 1 amide bonds. The highest BCUT2D eigenvalue weighted by Crippen LogP contribution is 2.18. The average molecular weight is 378 g/mol. The lowest BCUT2D eigenvalue weighted by Crippen LogP contribution is -2.16. The van der Waals surface area contributed by atoms with Gasteiger partial charge in [-0.25, -0.2) is 0 Å². The average Bonchev–Trinajstić information content (AvgIpc) is 2.86.